The lowest BCUT2D eigenvalue weighted by atomic mass is 10.3. The Bertz CT molecular complexity index is 93.4. The van der Waals surface area contributed by atoms with Gasteiger partial charge in [-0.05, 0) is 6.92 Å². The van der Waals surface area contributed by atoms with Crippen LogP contribution in [0.1, 0.15) is 6.92 Å². The van der Waals surface area contributed by atoms with Gasteiger partial charge in [-0.2, -0.15) is 13.2 Å². The Morgan fingerprint density at radius 2 is 2.00 bits per heavy atom. The molecule has 0 bridgehead atoms. The standard InChI is InChI=1S/C5H10F3NO/c1-4(5(6,7)8)9-2-3-10/h4,9-10H,2-3H2,1H3/t4-/m1/s1. The van der Waals surface area contributed by atoms with Gasteiger partial charge in [0.15, 0.2) is 0 Å². The van der Waals surface area contributed by atoms with Crippen LogP contribution in [0.3, 0.4) is 0 Å². The van der Waals surface area contributed by atoms with E-state index in [0.29, 0.717) is 0 Å². The van der Waals surface area contributed by atoms with E-state index in [1.165, 1.54) is 0 Å². The molecule has 2 N–H and O–H groups in total. The third kappa shape index (κ3) is 3.68. The van der Waals surface area contributed by atoms with Crippen LogP contribution in [0.25, 0.3) is 0 Å². The van der Waals surface area contributed by atoms with Gasteiger partial charge in [-0.1, -0.05) is 0 Å². The Kier molecular flexibility index (Phi) is 3.67. The number of halogens is 3. The third-order valence-electron chi connectivity index (χ3n) is 1.05. The topological polar surface area (TPSA) is 32.3 Å². The van der Waals surface area contributed by atoms with Gasteiger partial charge in [-0.3, -0.25) is 0 Å². The summed E-state index contributed by atoms with van der Waals surface area (Å²) in [5.41, 5.74) is 0. The Labute approximate surface area is 57.0 Å². The summed E-state index contributed by atoms with van der Waals surface area (Å²) in [5.74, 6) is 0. The molecule has 0 spiro atoms. The number of hydrogen-bond donors (Lipinski definition) is 2. The van der Waals surface area contributed by atoms with Crippen molar-refractivity contribution in [2.45, 2.75) is 19.1 Å². The predicted molar refractivity (Wildman–Crippen MR) is 30.6 cm³/mol. The second-order valence-electron chi connectivity index (χ2n) is 1.94. The summed E-state index contributed by atoms with van der Waals surface area (Å²) in [6.07, 6.45) is -4.21. The molecule has 0 rings (SSSR count). The van der Waals surface area contributed by atoms with Crippen LogP contribution in [0.2, 0.25) is 0 Å². The van der Waals surface area contributed by atoms with Crippen LogP contribution in [-0.4, -0.2) is 30.5 Å². The molecule has 0 amide bonds. The molecule has 62 valence electrons. The number of aliphatic hydroxyl groups excluding tert-OH is 1. The molecule has 0 aliphatic rings. The van der Waals surface area contributed by atoms with Crippen LogP contribution in [0.4, 0.5) is 13.2 Å². The molecule has 0 unspecified atom stereocenters. The van der Waals surface area contributed by atoms with Crippen molar-refractivity contribution in [1.29, 1.82) is 0 Å². The molecule has 0 aliphatic carbocycles. The largest absolute Gasteiger partial charge is 0.403 e. The summed E-state index contributed by atoms with van der Waals surface area (Å²) in [6.45, 7) is 0.705. The van der Waals surface area contributed by atoms with Crippen molar-refractivity contribution < 1.29 is 18.3 Å². The molecular formula is C5H10F3NO. The first-order valence-corrected chi connectivity index (χ1v) is 2.89. The van der Waals surface area contributed by atoms with Crippen molar-refractivity contribution in [3.8, 4) is 0 Å². The minimum absolute atomic E-state index is 0.0271. The average Bonchev–Trinajstić information content (AvgIpc) is 1.80. The van der Waals surface area contributed by atoms with Gasteiger partial charge >= 0.3 is 6.18 Å². The van der Waals surface area contributed by atoms with E-state index in [1.54, 1.807) is 0 Å². The first-order chi connectivity index (χ1) is 4.48. The van der Waals surface area contributed by atoms with Gasteiger partial charge in [0.25, 0.3) is 0 Å². The smallest absolute Gasteiger partial charge is 0.395 e. The lowest BCUT2D eigenvalue weighted by Crippen LogP contribution is -2.40. The van der Waals surface area contributed by atoms with Gasteiger partial charge in [0.05, 0.1) is 6.61 Å². The van der Waals surface area contributed by atoms with E-state index in [4.69, 9.17) is 5.11 Å². The Hall–Kier alpha value is -0.290. The van der Waals surface area contributed by atoms with Gasteiger partial charge in [0.2, 0.25) is 0 Å². The quantitative estimate of drug-likeness (QED) is 0.626. The second kappa shape index (κ2) is 3.78. The number of alkyl halides is 3. The molecule has 0 fully saturated rings. The summed E-state index contributed by atoms with van der Waals surface area (Å²) in [4.78, 5) is 0. The van der Waals surface area contributed by atoms with Crippen molar-refractivity contribution in [2.24, 2.45) is 0 Å². The van der Waals surface area contributed by atoms with Gasteiger partial charge in [-0.25, -0.2) is 0 Å². The fourth-order valence-electron chi connectivity index (χ4n) is 0.397. The summed E-state index contributed by atoms with van der Waals surface area (Å²) in [7, 11) is 0. The van der Waals surface area contributed by atoms with Crippen molar-refractivity contribution in [3.05, 3.63) is 0 Å². The van der Waals surface area contributed by atoms with E-state index in [2.05, 4.69) is 5.32 Å². The normalized spacial score (nSPS) is 15.3. The van der Waals surface area contributed by atoms with Crippen molar-refractivity contribution in [2.75, 3.05) is 13.2 Å². The molecule has 0 saturated carbocycles. The van der Waals surface area contributed by atoms with Crippen molar-refractivity contribution in [1.82, 2.24) is 5.32 Å². The second-order valence-corrected chi connectivity index (χ2v) is 1.94. The Morgan fingerprint density at radius 3 is 2.30 bits per heavy atom. The first-order valence-electron chi connectivity index (χ1n) is 2.89. The van der Waals surface area contributed by atoms with E-state index < -0.39 is 12.2 Å². The lowest BCUT2D eigenvalue weighted by Gasteiger charge is -2.15. The third-order valence-corrected chi connectivity index (χ3v) is 1.05. The molecule has 0 heterocycles. The average molecular weight is 157 g/mol. The van der Waals surface area contributed by atoms with Crippen LogP contribution in [0.15, 0.2) is 0 Å². The molecule has 0 saturated heterocycles. The Balaban J connectivity index is 3.52. The van der Waals surface area contributed by atoms with E-state index in [1.807, 2.05) is 0 Å². The maximum absolute atomic E-state index is 11.6. The predicted octanol–water partition coefficient (Wildman–Crippen LogP) is 0.519. The van der Waals surface area contributed by atoms with E-state index in [0.717, 1.165) is 6.92 Å². The summed E-state index contributed by atoms with van der Waals surface area (Å²) in [5, 5.41) is 10.2. The van der Waals surface area contributed by atoms with Crippen molar-refractivity contribution >= 4 is 0 Å². The maximum Gasteiger partial charge on any atom is 0.403 e. The molecule has 0 radical (unpaired) electrons. The van der Waals surface area contributed by atoms with E-state index in [9.17, 15) is 13.2 Å². The molecule has 0 aromatic rings. The van der Waals surface area contributed by atoms with E-state index in [-0.39, 0.29) is 13.2 Å². The lowest BCUT2D eigenvalue weighted by molar-refractivity contribution is -0.151. The molecule has 0 aliphatic heterocycles. The first kappa shape index (κ1) is 9.71. The van der Waals surface area contributed by atoms with Crippen LogP contribution >= 0.6 is 0 Å². The highest BCUT2D eigenvalue weighted by Crippen LogP contribution is 2.18. The van der Waals surface area contributed by atoms with Crippen LogP contribution in [0, 0.1) is 0 Å². The van der Waals surface area contributed by atoms with Crippen LogP contribution in [0.5, 0.6) is 0 Å². The molecule has 10 heavy (non-hydrogen) atoms. The fraction of sp³-hybridized carbons (Fsp3) is 1.00. The fourth-order valence-corrected chi connectivity index (χ4v) is 0.397. The number of rotatable bonds is 3. The van der Waals surface area contributed by atoms with Crippen molar-refractivity contribution in [3.63, 3.8) is 0 Å². The summed E-state index contributed by atoms with van der Waals surface area (Å²) in [6, 6.07) is -1.54. The minimum atomic E-state index is -4.21. The van der Waals surface area contributed by atoms with Crippen LogP contribution < -0.4 is 5.32 Å². The van der Waals surface area contributed by atoms with Gasteiger partial charge < -0.3 is 10.4 Å². The zero-order valence-corrected chi connectivity index (χ0v) is 5.57. The highest BCUT2D eigenvalue weighted by molar-refractivity contribution is 4.68. The molecule has 0 aromatic carbocycles. The number of nitrogens with one attached hydrogen (secondary N) is 1. The zero-order valence-electron chi connectivity index (χ0n) is 5.57. The summed E-state index contributed by atoms with van der Waals surface area (Å²) < 4.78 is 34.9. The maximum atomic E-state index is 11.6. The van der Waals surface area contributed by atoms with E-state index >= 15 is 0 Å². The monoisotopic (exact) mass is 157 g/mol. The minimum Gasteiger partial charge on any atom is -0.395 e. The van der Waals surface area contributed by atoms with Gasteiger partial charge in [0.1, 0.15) is 6.04 Å². The SMILES string of the molecule is C[C@@H](NCCO)C(F)(F)F. The number of hydrogen-bond acceptors (Lipinski definition) is 2. The highest BCUT2D eigenvalue weighted by atomic mass is 19.4. The molecule has 2 nitrogen and oxygen atoms in total. The zero-order chi connectivity index (χ0) is 8.20. The molecule has 0 aromatic heterocycles. The molecule has 1 atom stereocenters. The Morgan fingerprint density at radius 1 is 1.50 bits per heavy atom. The molecule has 5 heteroatoms. The van der Waals surface area contributed by atoms with Gasteiger partial charge in [-0.15, -0.1) is 0 Å². The van der Waals surface area contributed by atoms with Gasteiger partial charge in [0, 0.05) is 6.54 Å². The summed E-state index contributed by atoms with van der Waals surface area (Å²) >= 11 is 0. The van der Waals surface area contributed by atoms with Crippen LogP contribution in [-0.2, 0) is 0 Å². The molecular weight excluding hydrogens is 147 g/mol. The number of aliphatic hydroxyl groups is 1. The highest BCUT2D eigenvalue weighted by Gasteiger charge is 2.35.